The van der Waals surface area contributed by atoms with Gasteiger partial charge in [0.1, 0.15) is 5.82 Å². The van der Waals surface area contributed by atoms with Crippen LogP contribution in [-0.2, 0) is 6.61 Å². The molecule has 1 saturated carbocycles. The van der Waals surface area contributed by atoms with Gasteiger partial charge in [0.05, 0.1) is 12.3 Å². The molecule has 0 aromatic carbocycles. The largest absolute Gasteiger partial charge is 0.390 e. The first-order chi connectivity index (χ1) is 7.70. The molecule has 1 aliphatic carbocycles. The zero-order valence-electron chi connectivity index (χ0n) is 10.1. The number of hydrogen-bond donors (Lipinski definition) is 1. The Hall–Kier alpha value is -1.09. The molecular weight excluding hydrogens is 200 g/mol. The van der Waals surface area contributed by atoms with Crippen LogP contribution in [-0.4, -0.2) is 22.7 Å². The highest BCUT2D eigenvalue weighted by Crippen LogP contribution is 2.31. The average molecular weight is 220 g/mol. The first-order valence-electron chi connectivity index (χ1n) is 6.04. The maximum atomic E-state index is 9.10. The van der Waals surface area contributed by atoms with Gasteiger partial charge in [-0.3, -0.25) is 0 Å². The topological polar surface area (TPSA) is 36.4 Å². The Morgan fingerprint density at radius 2 is 2.19 bits per heavy atom. The monoisotopic (exact) mass is 220 g/mol. The summed E-state index contributed by atoms with van der Waals surface area (Å²) in [6.07, 6.45) is 2.55. The first-order valence-corrected chi connectivity index (χ1v) is 6.04. The Kier molecular flexibility index (Phi) is 3.44. The molecule has 1 aliphatic rings. The predicted molar refractivity (Wildman–Crippen MR) is 65.4 cm³/mol. The van der Waals surface area contributed by atoms with E-state index in [1.54, 1.807) is 0 Å². The number of aliphatic hydroxyl groups is 1. The van der Waals surface area contributed by atoms with Gasteiger partial charge in [0, 0.05) is 12.6 Å². The molecule has 0 atom stereocenters. The first kappa shape index (κ1) is 11.4. The van der Waals surface area contributed by atoms with Crippen LogP contribution in [0.2, 0.25) is 0 Å². The SMILES string of the molecule is CC(C)CN(c1cccc(CO)n1)C1CC1. The fourth-order valence-electron chi connectivity index (χ4n) is 1.92. The third kappa shape index (κ3) is 2.73. The van der Waals surface area contributed by atoms with Crippen molar-refractivity contribution in [3.63, 3.8) is 0 Å². The normalized spacial score (nSPS) is 15.5. The minimum Gasteiger partial charge on any atom is -0.390 e. The van der Waals surface area contributed by atoms with E-state index in [4.69, 9.17) is 5.11 Å². The Bertz CT molecular complexity index is 348. The lowest BCUT2D eigenvalue weighted by Gasteiger charge is -2.25. The van der Waals surface area contributed by atoms with Crippen molar-refractivity contribution in [1.82, 2.24) is 4.98 Å². The van der Waals surface area contributed by atoms with E-state index in [1.165, 1.54) is 12.8 Å². The van der Waals surface area contributed by atoms with E-state index in [-0.39, 0.29) is 6.61 Å². The number of pyridine rings is 1. The molecule has 1 aromatic heterocycles. The highest BCUT2D eigenvalue weighted by atomic mass is 16.3. The van der Waals surface area contributed by atoms with Crippen LogP contribution >= 0.6 is 0 Å². The van der Waals surface area contributed by atoms with E-state index < -0.39 is 0 Å². The molecule has 0 aliphatic heterocycles. The fraction of sp³-hybridized carbons (Fsp3) is 0.615. The van der Waals surface area contributed by atoms with Gasteiger partial charge in [0.15, 0.2) is 0 Å². The van der Waals surface area contributed by atoms with E-state index in [9.17, 15) is 0 Å². The molecule has 1 fully saturated rings. The molecule has 3 nitrogen and oxygen atoms in total. The molecule has 1 aromatic rings. The highest BCUT2D eigenvalue weighted by molar-refractivity contribution is 5.42. The summed E-state index contributed by atoms with van der Waals surface area (Å²) in [5.74, 6) is 1.66. The molecule has 0 saturated heterocycles. The number of nitrogens with zero attached hydrogens (tertiary/aromatic N) is 2. The summed E-state index contributed by atoms with van der Waals surface area (Å²) in [5, 5.41) is 9.10. The second-order valence-electron chi connectivity index (χ2n) is 4.92. The third-order valence-corrected chi connectivity index (χ3v) is 2.80. The van der Waals surface area contributed by atoms with Crippen molar-refractivity contribution in [2.24, 2.45) is 5.92 Å². The van der Waals surface area contributed by atoms with Gasteiger partial charge in [0.25, 0.3) is 0 Å². The van der Waals surface area contributed by atoms with Gasteiger partial charge in [-0.05, 0) is 30.9 Å². The van der Waals surface area contributed by atoms with E-state index >= 15 is 0 Å². The van der Waals surface area contributed by atoms with Crippen LogP contribution in [0.3, 0.4) is 0 Å². The van der Waals surface area contributed by atoms with Crippen molar-refractivity contribution in [2.45, 2.75) is 39.3 Å². The molecular formula is C13H20N2O. The molecule has 0 amide bonds. The molecule has 0 spiro atoms. The number of anilines is 1. The molecule has 3 heteroatoms. The quantitative estimate of drug-likeness (QED) is 0.826. The summed E-state index contributed by atoms with van der Waals surface area (Å²) in [6.45, 7) is 5.52. The van der Waals surface area contributed by atoms with Gasteiger partial charge < -0.3 is 10.0 Å². The highest BCUT2D eigenvalue weighted by Gasteiger charge is 2.30. The summed E-state index contributed by atoms with van der Waals surface area (Å²) in [6, 6.07) is 6.55. The van der Waals surface area contributed by atoms with Gasteiger partial charge in [-0.1, -0.05) is 19.9 Å². The van der Waals surface area contributed by atoms with Crippen LogP contribution in [0.15, 0.2) is 18.2 Å². The zero-order chi connectivity index (χ0) is 11.5. The number of aromatic nitrogens is 1. The third-order valence-electron chi connectivity index (χ3n) is 2.80. The molecule has 0 radical (unpaired) electrons. The molecule has 1 heterocycles. The fourth-order valence-corrected chi connectivity index (χ4v) is 1.92. The number of hydrogen-bond acceptors (Lipinski definition) is 3. The van der Waals surface area contributed by atoms with Crippen LogP contribution in [0.4, 0.5) is 5.82 Å². The Balaban J connectivity index is 2.16. The zero-order valence-corrected chi connectivity index (χ0v) is 10.1. The van der Waals surface area contributed by atoms with Gasteiger partial charge in [-0.25, -0.2) is 4.98 Å². The van der Waals surface area contributed by atoms with E-state index in [2.05, 4.69) is 23.7 Å². The molecule has 16 heavy (non-hydrogen) atoms. The second kappa shape index (κ2) is 4.83. The summed E-state index contributed by atoms with van der Waals surface area (Å²) < 4.78 is 0. The number of aliphatic hydroxyl groups excluding tert-OH is 1. The summed E-state index contributed by atoms with van der Waals surface area (Å²) in [7, 11) is 0. The smallest absolute Gasteiger partial charge is 0.129 e. The lowest BCUT2D eigenvalue weighted by atomic mass is 10.2. The summed E-state index contributed by atoms with van der Waals surface area (Å²) >= 11 is 0. The minimum atomic E-state index is 0.0219. The number of rotatable bonds is 5. The van der Waals surface area contributed by atoms with Crippen molar-refractivity contribution >= 4 is 5.82 Å². The summed E-state index contributed by atoms with van der Waals surface area (Å²) in [4.78, 5) is 6.86. The van der Waals surface area contributed by atoms with E-state index in [0.29, 0.717) is 12.0 Å². The van der Waals surface area contributed by atoms with Crippen LogP contribution in [0.5, 0.6) is 0 Å². The maximum absolute atomic E-state index is 9.10. The molecule has 0 bridgehead atoms. The van der Waals surface area contributed by atoms with Crippen molar-refractivity contribution in [1.29, 1.82) is 0 Å². The van der Waals surface area contributed by atoms with E-state index in [1.807, 2.05) is 18.2 Å². The van der Waals surface area contributed by atoms with Crippen molar-refractivity contribution in [3.8, 4) is 0 Å². The van der Waals surface area contributed by atoms with Gasteiger partial charge >= 0.3 is 0 Å². The predicted octanol–water partition coefficient (Wildman–Crippen LogP) is 2.20. The molecule has 88 valence electrons. The standard InChI is InChI=1S/C13H20N2O/c1-10(2)8-15(12-6-7-12)13-5-3-4-11(9-16)14-13/h3-5,10,12,16H,6-9H2,1-2H3. The van der Waals surface area contributed by atoms with Gasteiger partial charge in [0.2, 0.25) is 0 Å². The second-order valence-corrected chi connectivity index (χ2v) is 4.92. The minimum absolute atomic E-state index is 0.0219. The van der Waals surface area contributed by atoms with Gasteiger partial charge in [-0.15, -0.1) is 0 Å². The molecule has 1 N–H and O–H groups in total. The van der Waals surface area contributed by atoms with Crippen molar-refractivity contribution in [2.75, 3.05) is 11.4 Å². The van der Waals surface area contributed by atoms with Gasteiger partial charge in [-0.2, -0.15) is 0 Å². The van der Waals surface area contributed by atoms with Crippen LogP contribution in [0.25, 0.3) is 0 Å². The van der Waals surface area contributed by atoms with E-state index in [0.717, 1.165) is 18.1 Å². The molecule has 2 rings (SSSR count). The Morgan fingerprint density at radius 3 is 2.75 bits per heavy atom. The Labute approximate surface area is 97.1 Å². The van der Waals surface area contributed by atoms with Crippen molar-refractivity contribution in [3.05, 3.63) is 23.9 Å². The summed E-state index contributed by atoms with van der Waals surface area (Å²) in [5.41, 5.74) is 0.756. The average Bonchev–Trinajstić information content (AvgIpc) is 3.09. The van der Waals surface area contributed by atoms with Crippen LogP contribution in [0, 0.1) is 5.92 Å². The lowest BCUT2D eigenvalue weighted by molar-refractivity contribution is 0.277. The maximum Gasteiger partial charge on any atom is 0.129 e. The van der Waals surface area contributed by atoms with Crippen molar-refractivity contribution < 1.29 is 5.11 Å². The lowest BCUT2D eigenvalue weighted by Crippen LogP contribution is -2.30. The van der Waals surface area contributed by atoms with Crippen LogP contribution in [0.1, 0.15) is 32.4 Å². The molecule has 0 unspecified atom stereocenters. The van der Waals surface area contributed by atoms with Crippen LogP contribution < -0.4 is 4.90 Å². The Morgan fingerprint density at radius 1 is 1.44 bits per heavy atom.